The molecule has 2 aliphatic heterocycles. The van der Waals surface area contributed by atoms with Crippen LogP contribution in [0.3, 0.4) is 0 Å². The zero-order valence-electron chi connectivity index (χ0n) is 30.8. The van der Waals surface area contributed by atoms with Crippen LogP contribution in [-0.4, -0.2) is 73.4 Å². The molecule has 56 heavy (non-hydrogen) atoms. The molecule has 292 valence electrons. The average molecular weight is 844 g/mol. The van der Waals surface area contributed by atoms with Crippen LogP contribution in [0.1, 0.15) is 54.4 Å². The molecular weight excluding hydrogens is 800 g/mol. The molecule has 1 aromatic heterocycles. The van der Waals surface area contributed by atoms with Crippen LogP contribution >= 0.6 is 27.3 Å². The minimum Gasteiger partial charge on any atom is -0.508 e. The standard InChI is InChI=1S/C43H43BrN2O9S/c44-30-7-5-28(6-8-30)41-40(36-15-9-31(47)26-38(36)56-41)55-33-12-10-32(11-13-33)53-23-2-1-19-51-20-3-21-52-22-4-24-54-34-14-16-35-29(25-34)27-46(43(35)50)37-17-18-39(48)45-42(37)49/h5-16,25-26,37,47H,1-4,17-24,27H2,(H,45,48,49). The summed E-state index contributed by atoms with van der Waals surface area (Å²) in [6, 6.07) is 25.8. The Morgan fingerprint density at radius 3 is 2.18 bits per heavy atom. The molecule has 3 amide bonds. The van der Waals surface area contributed by atoms with Gasteiger partial charge in [-0.05, 0) is 110 Å². The second kappa shape index (κ2) is 18.8. The molecule has 7 rings (SSSR count). The van der Waals surface area contributed by atoms with E-state index in [1.54, 1.807) is 35.6 Å². The molecule has 2 aliphatic rings. The first kappa shape index (κ1) is 39.3. The number of hydrogen-bond donors (Lipinski definition) is 2. The summed E-state index contributed by atoms with van der Waals surface area (Å²) < 4.78 is 31.7. The van der Waals surface area contributed by atoms with Crippen LogP contribution in [0.2, 0.25) is 0 Å². The summed E-state index contributed by atoms with van der Waals surface area (Å²) in [5.74, 6) is 2.21. The van der Waals surface area contributed by atoms with Crippen molar-refractivity contribution < 1.29 is 43.2 Å². The molecule has 13 heteroatoms. The molecule has 0 radical (unpaired) electrons. The van der Waals surface area contributed by atoms with Gasteiger partial charge in [-0.2, -0.15) is 0 Å². The van der Waals surface area contributed by atoms with E-state index in [-0.39, 0.29) is 24.0 Å². The lowest BCUT2D eigenvalue weighted by molar-refractivity contribution is -0.136. The van der Waals surface area contributed by atoms with Crippen molar-refractivity contribution in [3.05, 3.63) is 101 Å². The molecule has 0 saturated carbocycles. The number of nitrogens with one attached hydrogen (secondary N) is 1. The summed E-state index contributed by atoms with van der Waals surface area (Å²) in [5, 5.41) is 13.3. The number of aromatic hydroxyl groups is 1. The number of amides is 3. The number of phenolic OH excluding ortho intramolecular Hbond substituents is 1. The second-order valence-electron chi connectivity index (χ2n) is 13.6. The molecule has 0 spiro atoms. The number of hydrogen-bond acceptors (Lipinski definition) is 10. The van der Waals surface area contributed by atoms with Crippen LogP contribution in [-0.2, 0) is 25.6 Å². The smallest absolute Gasteiger partial charge is 0.255 e. The van der Waals surface area contributed by atoms with Gasteiger partial charge in [0.25, 0.3) is 5.91 Å². The zero-order chi connectivity index (χ0) is 38.9. The van der Waals surface area contributed by atoms with Crippen molar-refractivity contribution in [2.24, 2.45) is 0 Å². The van der Waals surface area contributed by atoms with Gasteiger partial charge in [-0.1, -0.05) is 28.1 Å². The third-order valence-electron chi connectivity index (χ3n) is 9.50. The molecule has 1 fully saturated rings. The van der Waals surface area contributed by atoms with Gasteiger partial charge in [-0.3, -0.25) is 19.7 Å². The van der Waals surface area contributed by atoms with E-state index in [1.165, 1.54) is 4.90 Å². The number of carbonyl (C=O) groups is 3. The molecule has 0 bridgehead atoms. The molecule has 11 nitrogen and oxygen atoms in total. The lowest BCUT2D eigenvalue weighted by atomic mass is 10.0. The quantitative estimate of drug-likeness (QED) is 0.0620. The average Bonchev–Trinajstić information content (AvgIpc) is 3.71. The van der Waals surface area contributed by atoms with Crippen molar-refractivity contribution in [1.29, 1.82) is 0 Å². The minimum atomic E-state index is -0.630. The molecule has 2 N–H and O–H groups in total. The predicted octanol–water partition coefficient (Wildman–Crippen LogP) is 8.64. The molecule has 1 atom stereocenters. The Morgan fingerprint density at radius 1 is 0.750 bits per heavy atom. The fraction of sp³-hybridized carbons (Fsp3) is 0.326. The largest absolute Gasteiger partial charge is 0.508 e. The van der Waals surface area contributed by atoms with Gasteiger partial charge in [0.05, 0.1) is 18.1 Å². The SMILES string of the molecule is O=C1CCC(N2Cc3cc(OCCCOCCCOCCCCOc4ccc(Oc5c(-c6ccc(Br)cc6)sc6cc(O)ccc56)cc4)ccc3C2=O)C(=O)N1. The Hall–Kier alpha value is -4.95. The van der Waals surface area contributed by atoms with E-state index in [2.05, 4.69) is 21.2 Å². The summed E-state index contributed by atoms with van der Waals surface area (Å²) >= 11 is 5.09. The highest BCUT2D eigenvalue weighted by atomic mass is 79.9. The van der Waals surface area contributed by atoms with Gasteiger partial charge in [0.1, 0.15) is 29.0 Å². The number of thiophene rings is 1. The molecule has 5 aromatic rings. The predicted molar refractivity (Wildman–Crippen MR) is 217 cm³/mol. The van der Waals surface area contributed by atoms with E-state index in [9.17, 15) is 19.5 Å². The Labute approximate surface area is 337 Å². The molecule has 0 aliphatic carbocycles. The first-order valence-corrected chi connectivity index (χ1v) is 20.4. The van der Waals surface area contributed by atoms with Crippen molar-refractivity contribution in [3.63, 3.8) is 0 Å². The number of imide groups is 1. The van der Waals surface area contributed by atoms with Crippen molar-refractivity contribution in [3.8, 4) is 39.2 Å². The topological polar surface area (TPSA) is 133 Å². The normalized spacial score (nSPS) is 15.3. The van der Waals surface area contributed by atoms with E-state index in [0.717, 1.165) is 67.7 Å². The molecule has 1 saturated heterocycles. The Morgan fingerprint density at radius 2 is 1.41 bits per heavy atom. The van der Waals surface area contributed by atoms with Crippen LogP contribution < -0.4 is 19.5 Å². The van der Waals surface area contributed by atoms with Gasteiger partial charge in [-0.15, -0.1) is 11.3 Å². The minimum absolute atomic E-state index is 0.196. The Bertz CT molecular complexity index is 2160. The Balaban J connectivity index is 0.727. The highest BCUT2D eigenvalue weighted by molar-refractivity contribution is 9.10. The lowest BCUT2D eigenvalue weighted by Gasteiger charge is -2.29. The van der Waals surface area contributed by atoms with E-state index < -0.39 is 11.9 Å². The highest BCUT2D eigenvalue weighted by Gasteiger charge is 2.39. The van der Waals surface area contributed by atoms with Gasteiger partial charge in [0.15, 0.2) is 5.75 Å². The van der Waals surface area contributed by atoms with Crippen LogP contribution in [0, 0.1) is 0 Å². The first-order chi connectivity index (χ1) is 27.3. The van der Waals surface area contributed by atoms with Crippen molar-refractivity contribution in [2.45, 2.75) is 51.1 Å². The van der Waals surface area contributed by atoms with Gasteiger partial charge in [-0.25, -0.2) is 0 Å². The number of halogens is 1. The monoisotopic (exact) mass is 842 g/mol. The summed E-state index contributed by atoms with van der Waals surface area (Å²) in [6.07, 6.45) is 3.86. The van der Waals surface area contributed by atoms with Gasteiger partial charge in [0.2, 0.25) is 11.8 Å². The zero-order valence-corrected chi connectivity index (χ0v) is 33.2. The number of ether oxygens (including phenoxy) is 5. The van der Waals surface area contributed by atoms with Gasteiger partial charge in [0, 0.05) is 65.9 Å². The summed E-state index contributed by atoms with van der Waals surface area (Å²) in [5.41, 5.74) is 2.42. The second-order valence-corrected chi connectivity index (χ2v) is 15.5. The van der Waals surface area contributed by atoms with Crippen molar-refractivity contribution in [2.75, 3.05) is 39.6 Å². The van der Waals surface area contributed by atoms with Crippen molar-refractivity contribution >= 4 is 55.1 Å². The maximum Gasteiger partial charge on any atom is 0.255 e. The number of benzene rings is 4. The number of carbonyl (C=O) groups excluding carboxylic acids is 3. The van der Waals surface area contributed by atoms with E-state index in [1.807, 2.05) is 60.7 Å². The lowest BCUT2D eigenvalue weighted by Crippen LogP contribution is -2.52. The van der Waals surface area contributed by atoms with E-state index >= 15 is 0 Å². The third kappa shape index (κ3) is 9.88. The number of unbranched alkanes of at least 4 members (excludes halogenated alkanes) is 1. The number of nitrogens with zero attached hydrogens (tertiary/aromatic N) is 1. The van der Waals surface area contributed by atoms with E-state index in [4.69, 9.17) is 23.7 Å². The molecule has 3 heterocycles. The third-order valence-corrected chi connectivity index (χ3v) is 11.2. The van der Waals surface area contributed by atoms with Gasteiger partial charge >= 0.3 is 0 Å². The summed E-state index contributed by atoms with van der Waals surface area (Å²) in [4.78, 5) is 39.1. The Kier molecular flexibility index (Phi) is 13.2. The van der Waals surface area contributed by atoms with Gasteiger partial charge < -0.3 is 33.7 Å². The van der Waals surface area contributed by atoms with Crippen LogP contribution in [0.25, 0.3) is 20.5 Å². The van der Waals surface area contributed by atoms with Crippen LogP contribution in [0.4, 0.5) is 0 Å². The first-order valence-electron chi connectivity index (χ1n) is 18.8. The summed E-state index contributed by atoms with van der Waals surface area (Å²) in [7, 11) is 0. The maximum absolute atomic E-state index is 12.9. The number of fused-ring (bicyclic) bond motifs is 2. The van der Waals surface area contributed by atoms with Crippen LogP contribution in [0.15, 0.2) is 89.4 Å². The van der Waals surface area contributed by atoms with Crippen LogP contribution in [0.5, 0.6) is 28.7 Å². The fourth-order valence-electron chi connectivity index (χ4n) is 6.63. The maximum atomic E-state index is 12.9. The van der Waals surface area contributed by atoms with Crippen molar-refractivity contribution in [1.82, 2.24) is 10.2 Å². The fourth-order valence-corrected chi connectivity index (χ4v) is 8.06. The number of rotatable bonds is 19. The number of phenols is 1. The highest BCUT2D eigenvalue weighted by Crippen LogP contribution is 2.47. The molecular formula is C43H43BrN2O9S. The van der Waals surface area contributed by atoms with E-state index in [0.29, 0.717) is 69.7 Å². The number of piperidine rings is 1. The summed E-state index contributed by atoms with van der Waals surface area (Å²) in [6.45, 7) is 3.86. The molecule has 4 aromatic carbocycles. The molecule has 1 unspecified atom stereocenters.